The van der Waals surface area contributed by atoms with E-state index in [1.165, 1.54) is 51.4 Å². The van der Waals surface area contributed by atoms with Gasteiger partial charge in [0, 0.05) is 19.2 Å². The Labute approximate surface area is 108 Å². The second-order valence-corrected chi connectivity index (χ2v) is 5.33. The van der Waals surface area contributed by atoms with Crippen molar-refractivity contribution in [3.63, 3.8) is 0 Å². The Bertz CT molecular complexity index is 166. The molecule has 2 heteroatoms. The number of unbranched alkanes of at least 4 members (excludes halogenated alkanes) is 1. The number of hydrogen-bond acceptors (Lipinski definition) is 2. The highest BCUT2D eigenvalue weighted by molar-refractivity contribution is 4.78. The van der Waals surface area contributed by atoms with Gasteiger partial charge in [-0.15, -0.1) is 0 Å². The van der Waals surface area contributed by atoms with Crippen LogP contribution in [0.25, 0.3) is 0 Å². The minimum absolute atomic E-state index is 0.727. The van der Waals surface area contributed by atoms with Crippen molar-refractivity contribution >= 4 is 0 Å². The van der Waals surface area contributed by atoms with Gasteiger partial charge in [0.15, 0.2) is 0 Å². The molecule has 0 aromatic carbocycles. The lowest BCUT2D eigenvalue weighted by atomic mass is 9.83. The van der Waals surface area contributed by atoms with Crippen LogP contribution >= 0.6 is 0 Å². The number of ether oxygens (including phenoxy) is 1. The molecule has 1 aliphatic carbocycles. The van der Waals surface area contributed by atoms with E-state index in [-0.39, 0.29) is 0 Å². The van der Waals surface area contributed by atoms with E-state index < -0.39 is 0 Å². The van der Waals surface area contributed by atoms with Gasteiger partial charge in [-0.25, -0.2) is 0 Å². The van der Waals surface area contributed by atoms with Gasteiger partial charge in [0.2, 0.25) is 0 Å². The van der Waals surface area contributed by atoms with Gasteiger partial charge in [-0.3, -0.25) is 0 Å². The monoisotopic (exact) mass is 241 g/mol. The van der Waals surface area contributed by atoms with E-state index >= 15 is 0 Å². The van der Waals surface area contributed by atoms with Crippen molar-refractivity contribution in [2.24, 2.45) is 5.92 Å². The van der Waals surface area contributed by atoms with Gasteiger partial charge in [-0.05, 0) is 31.6 Å². The molecule has 0 saturated heterocycles. The van der Waals surface area contributed by atoms with E-state index in [2.05, 4.69) is 19.2 Å². The van der Waals surface area contributed by atoms with Crippen molar-refractivity contribution in [2.75, 3.05) is 19.8 Å². The van der Waals surface area contributed by atoms with Gasteiger partial charge in [0.25, 0.3) is 0 Å². The van der Waals surface area contributed by atoms with Gasteiger partial charge < -0.3 is 10.1 Å². The van der Waals surface area contributed by atoms with Crippen LogP contribution in [0.5, 0.6) is 0 Å². The third-order valence-electron chi connectivity index (χ3n) is 3.95. The van der Waals surface area contributed by atoms with Gasteiger partial charge in [-0.2, -0.15) is 0 Å². The van der Waals surface area contributed by atoms with Crippen LogP contribution in [0.3, 0.4) is 0 Å². The van der Waals surface area contributed by atoms with Crippen LogP contribution in [0.4, 0.5) is 0 Å². The smallest absolute Gasteiger partial charge is 0.0591 e. The average Bonchev–Trinajstić information content (AvgIpc) is 2.39. The molecular weight excluding hydrogens is 210 g/mol. The fourth-order valence-electron chi connectivity index (χ4n) is 2.85. The summed E-state index contributed by atoms with van der Waals surface area (Å²) >= 11 is 0. The lowest BCUT2D eigenvalue weighted by Gasteiger charge is -2.30. The van der Waals surface area contributed by atoms with Crippen molar-refractivity contribution in [3.8, 4) is 0 Å². The van der Waals surface area contributed by atoms with Crippen molar-refractivity contribution in [2.45, 2.75) is 71.3 Å². The molecule has 0 amide bonds. The summed E-state index contributed by atoms with van der Waals surface area (Å²) in [6.07, 6.45) is 10.9. The summed E-state index contributed by atoms with van der Waals surface area (Å²) in [5, 5.41) is 3.69. The second kappa shape index (κ2) is 9.90. The van der Waals surface area contributed by atoms with E-state index in [0.29, 0.717) is 0 Å². The molecule has 1 fully saturated rings. The molecule has 1 saturated carbocycles. The van der Waals surface area contributed by atoms with Crippen LogP contribution in [0.1, 0.15) is 65.2 Å². The van der Waals surface area contributed by atoms with Crippen LogP contribution < -0.4 is 5.32 Å². The Hall–Kier alpha value is -0.0800. The Balaban J connectivity index is 2.05. The first-order chi connectivity index (χ1) is 8.38. The molecule has 0 spiro atoms. The maximum absolute atomic E-state index is 5.59. The lowest BCUT2D eigenvalue weighted by Crippen LogP contribution is -2.38. The predicted molar refractivity (Wildman–Crippen MR) is 74.4 cm³/mol. The lowest BCUT2D eigenvalue weighted by molar-refractivity contribution is 0.126. The first-order valence-electron chi connectivity index (χ1n) is 7.69. The third kappa shape index (κ3) is 6.42. The molecule has 0 bridgehead atoms. The van der Waals surface area contributed by atoms with Crippen molar-refractivity contribution in [1.82, 2.24) is 5.32 Å². The predicted octanol–water partition coefficient (Wildman–Crippen LogP) is 3.75. The number of nitrogens with one attached hydrogen (secondary N) is 1. The Morgan fingerprint density at radius 3 is 2.53 bits per heavy atom. The maximum Gasteiger partial charge on any atom is 0.0591 e. The Morgan fingerprint density at radius 1 is 1.12 bits per heavy atom. The fourth-order valence-corrected chi connectivity index (χ4v) is 2.85. The molecule has 1 unspecified atom stereocenters. The van der Waals surface area contributed by atoms with Crippen LogP contribution in [-0.4, -0.2) is 25.8 Å². The van der Waals surface area contributed by atoms with Gasteiger partial charge in [0.05, 0.1) is 6.61 Å². The quantitative estimate of drug-likeness (QED) is 0.621. The molecule has 1 atom stereocenters. The molecule has 1 N–H and O–H groups in total. The Kier molecular flexibility index (Phi) is 8.72. The molecule has 1 rings (SSSR count). The van der Waals surface area contributed by atoms with Gasteiger partial charge >= 0.3 is 0 Å². The maximum atomic E-state index is 5.59. The molecule has 0 aromatic rings. The second-order valence-electron chi connectivity index (χ2n) is 5.33. The Morgan fingerprint density at radius 2 is 1.88 bits per heavy atom. The minimum atomic E-state index is 0.727. The highest BCUT2D eigenvalue weighted by Gasteiger charge is 2.21. The number of hydrogen-bond donors (Lipinski definition) is 1. The summed E-state index contributed by atoms with van der Waals surface area (Å²) < 4.78 is 5.59. The molecule has 0 radical (unpaired) electrons. The highest BCUT2D eigenvalue weighted by atomic mass is 16.5. The molecule has 0 heterocycles. The normalized spacial score (nSPS) is 19.4. The molecule has 1 aliphatic rings. The third-order valence-corrected chi connectivity index (χ3v) is 3.95. The zero-order chi connectivity index (χ0) is 12.3. The van der Waals surface area contributed by atoms with Crippen LogP contribution in [-0.2, 0) is 4.74 Å². The average molecular weight is 241 g/mol. The van der Waals surface area contributed by atoms with Crippen LogP contribution in [0.2, 0.25) is 0 Å². The zero-order valence-electron chi connectivity index (χ0n) is 11.8. The van der Waals surface area contributed by atoms with Crippen molar-refractivity contribution in [1.29, 1.82) is 0 Å². The van der Waals surface area contributed by atoms with Crippen LogP contribution in [0.15, 0.2) is 0 Å². The highest BCUT2D eigenvalue weighted by Crippen LogP contribution is 2.27. The molecule has 17 heavy (non-hydrogen) atoms. The van der Waals surface area contributed by atoms with Crippen molar-refractivity contribution in [3.05, 3.63) is 0 Å². The first kappa shape index (κ1) is 15.0. The van der Waals surface area contributed by atoms with E-state index in [1.807, 2.05) is 0 Å². The molecule has 0 aromatic heterocycles. The molecular formula is C15H31NO. The van der Waals surface area contributed by atoms with Gasteiger partial charge in [-0.1, -0.05) is 39.5 Å². The summed E-state index contributed by atoms with van der Waals surface area (Å²) in [5.41, 5.74) is 0. The molecule has 2 nitrogen and oxygen atoms in total. The van der Waals surface area contributed by atoms with E-state index in [4.69, 9.17) is 4.74 Å². The van der Waals surface area contributed by atoms with E-state index in [9.17, 15) is 0 Å². The largest absolute Gasteiger partial charge is 0.380 e. The fraction of sp³-hybridized carbons (Fsp3) is 1.00. The molecule has 102 valence electrons. The summed E-state index contributed by atoms with van der Waals surface area (Å²) in [6, 6.07) is 0.727. The topological polar surface area (TPSA) is 21.3 Å². The van der Waals surface area contributed by atoms with E-state index in [1.54, 1.807) is 0 Å². The van der Waals surface area contributed by atoms with E-state index in [0.717, 1.165) is 31.7 Å². The van der Waals surface area contributed by atoms with Crippen molar-refractivity contribution < 1.29 is 4.74 Å². The van der Waals surface area contributed by atoms with Crippen LogP contribution in [0, 0.1) is 5.92 Å². The zero-order valence-corrected chi connectivity index (χ0v) is 11.8. The SMILES string of the molecule is CCCCOCCNC(CC)C1CCCCC1. The summed E-state index contributed by atoms with van der Waals surface area (Å²) in [4.78, 5) is 0. The summed E-state index contributed by atoms with van der Waals surface area (Å²) in [6.45, 7) is 7.35. The summed E-state index contributed by atoms with van der Waals surface area (Å²) in [7, 11) is 0. The molecule has 0 aliphatic heterocycles. The minimum Gasteiger partial charge on any atom is -0.380 e. The summed E-state index contributed by atoms with van der Waals surface area (Å²) in [5.74, 6) is 0.921. The first-order valence-corrected chi connectivity index (χ1v) is 7.69. The standard InChI is InChI=1S/C15H31NO/c1-3-5-12-17-13-11-16-15(4-2)14-9-7-6-8-10-14/h14-16H,3-13H2,1-2H3. The van der Waals surface area contributed by atoms with Gasteiger partial charge in [0.1, 0.15) is 0 Å². The number of rotatable bonds is 9.